The van der Waals surface area contributed by atoms with Gasteiger partial charge in [-0.05, 0) is 50.5 Å². The molecule has 184 valence electrons. The summed E-state index contributed by atoms with van der Waals surface area (Å²) < 4.78 is 5.64. The molecule has 7 heteroatoms. The molecule has 7 nitrogen and oxygen atoms in total. The van der Waals surface area contributed by atoms with Crippen LogP contribution in [-0.2, 0) is 11.8 Å². The highest BCUT2D eigenvalue weighted by molar-refractivity contribution is 5.95. The number of aromatic nitrogens is 2. The predicted octanol–water partition coefficient (Wildman–Crippen LogP) is 4.76. The largest absolute Gasteiger partial charge is 0.490 e. The lowest BCUT2D eigenvalue weighted by molar-refractivity contribution is 0.0930. The number of benzene rings is 2. The number of nitrogens with zero attached hydrogens (tertiary/aromatic N) is 2. The van der Waals surface area contributed by atoms with Gasteiger partial charge in [0.2, 0.25) is 0 Å². The van der Waals surface area contributed by atoms with Crippen molar-refractivity contribution in [3.05, 3.63) is 71.2 Å². The predicted molar refractivity (Wildman–Crippen MR) is 136 cm³/mol. The molecular weight excluding hydrogens is 440 g/mol. The van der Waals surface area contributed by atoms with Crippen LogP contribution in [0, 0.1) is 11.3 Å². The molecule has 0 spiro atoms. The Kier molecular flexibility index (Phi) is 8.31. The molecule has 1 amide bonds. The standard InChI is InChI=1S/C28H34N4O3/c1-18(2)35-25-11-10-21(15-22(25)16-29)26(34)31-23(12-13-33)14-19-6-8-20(9-7-19)24-17-30-27(32-24)28(3,4)5/h6-11,15,17-18,23,33H,12-14H2,1-5H3,(H,30,32)(H,31,34)/t23-/m1/s1. The number of nitriles is 1. The number of aliphatic hydroxyl groups excluding tert-OH is 1. The average molecular weight is 475 g/mol. The number of aliphatic hydroxyl groups is 1. The van der Waals surface area contributed by atoms with Crippen LogP contribution in [0.25, 0.3) is 11.3 Å². The molecule has 3 rings (SSSR count). The zero-order valence-corrected chi connectivity index (χ0v) is 21.1. The Morgan fingerprint density at radius 2 is 1.91 bits per heavy atom. The van der Waals surface area contributed by atoms with E-state index in [2.05, 4.69) is 37.1 Å². The SMILES string of the molecule is CC(C)Oc1ccc(C(=O)N[C@H](CCO)Cc2ccc(-c3c[nH]c(C(C)(C)C)n3)cc2)cc1C#N. The van der Waals surface area contributed by atoms with E-state index < -0.39 is 0 Å². The molecule has 1 atom stereocenters. The Balaban J connectivity index is 1.70. The summed E-state index contributed by atoms with van der Waals surface area (Å²) in [6.07, 6.45) is 2.83. The molecule has 2 aromatic carbocycles. The van der Waals surface area contributed by atoms with Gasteiger partial charge in [0, 0.05) is 35.4 Å². The Bertz CT molecular complexity index is 1180. The van der Waals surface area contributed by atoms with Crippen molar-refractivity contribution in [2.24, 2.45) is 0 Å². The molecule has 0 unspecified atom stereocenters. The fourth-order valence-electron chi connectivity index (χ4n) is 3.72. The van der Waals surface area contributed by atoms with Gasteiger partial charge < -0.3 is 20.1 Å². The normalized spacial score (nSPS) is 12.3. The molecule has 0 aliphatic carbocycles. The first-order valence-electron chi connectivity index (χ1n) is 11.9. The van der Waals surface area contributed by atoms with Gasteiger partial charge in [-0.2, -0.15) is 5.26 Å². The van der Waals surface area contributed by atoms with Crippen molar-refractivity contribution >= 4 is 5.91 Å². The zero-order valence-electron chi connectivity index (χ0n) is 21.1. The first kappa shape index (κ1) is 26.0. The number of hydrogen-bond donors (Lipinski definition) is 3. The summed E-state index contributed by atoms with van der Waals surface area (Å²) in [6, 6.07) is 14.7. The molecule has 3 aromatic rings. The number of carbonyl (C=O) groups is 1. The van der Waals surface area contributed by atoms with Gasteiger partial charge in [0.05, 0.1) is 17.4 Å². The number of carbonyl (C=O) groups excluding carboxylic acids is 1. The quantitative estimate of drug-likeness (QED) is 0.414. The number of H-pyrrole nitrogens is 1. The number of rotatable bonds is 9. The zero-order chi connectivity index (χ0) is 25.6. The van der Waals surface area contributed by atoms with Crippen molar-refractivity contribution in [3.63, 3.8) is 0 Å². The highest BCUT2D eigenvalue weighted by atomic mass is 16.5. The Hall–Kier alpha value is -3.63. The van der Waals surface area contributed by atoms with Crippen LogP contribution in [0.4, 0.5) is 0 Å². The third-order valence-corrected chi connectivity index (χ3v) is 5.56. The van der Waals surface area contributed by atoms with Crippen LogP contribution >= 0.6 is 0 Å². The summed E-state index contributed by atoms with van der Waals surface area (Å²) in [7, 11) is 0. The Morgan fingerprint density at radius 1 is 1.20 bits per heavy atom. The van der Waals surface area contributed by atoms with E-state index in [4.69, 9.17) is 9.72 Å². The smallest absolute Gasteiger partial charge is 0.251 e. The van der Waals surface area contributed by atoms with Crippen LogP contribution in [0.3, 0.4) is 0 Å². The second kappa shape index (κ2) is 11.2. The molecule has 0 bridgehead atoms. The number of ether oxygens (including phenoxy) is 1. The number of hydrogen-bond acceptors (Lipinski definition) is 5. The first-order chi connectivity index (χ1) is 16.6. The molecule has 0 fully saturated rings. The molecule has 0 aliphatic rings. The van der Waals surface area contributed by atoms with E-state index in [1.165, 1.54) is 6.07 Å². The van der Waals surface area contributed by atoms with Gasteiger partial charge >= 0.3 is 0 Å². The maximum absolute atomic E-state index is 12.9. The molecule has 0 saturated heterocycles. The van der Waals surface area contributed by atoms with Crippen molar-refractivity contribution in [3.8, 4) is 23.1 Å². The second-order valence-electron chi connectivity index (χ2n) is 9.96. The number of amides is 1. The van der Waals surface area contributed by atoms with Crippen LogP contribution in [0.1, 0.15) is 68.3 Å². The fourth-order valence-corrected chi connectivity index (χ4v) is 3.72. The van der Waals surface area contributed by atoms with Crippen LogP contribution in [0.15, 0.2) is 48.7 Å². The van der Waals surface area contributed by atoms with Gasteiger partial charge in [0.1, 0.15) is 17.6 Å². The first-order valence-corrected chi connectivity index (χ1v) is 11.9. The summed E-state index contributed by atoms with van der Waals surface area (Å²) >= 11 is 0. The minimum absolute atomic E-state index is 0.0451. The van der Waals surface area contributed by atoms with E-state index >= 15 is 0 Å². The van der Waals surface area contributed by atoms with Crippen molar-refractivity contribution in [1.82, 2.24) is 15.3 Å². The summed E-state index contributed by atoms with van der Waals surface area (Å²) in [5.41, 5.74) is 3.58. The maximum Gasteiger partial charge on any atom is 0.251 e. The molecule has 0 saturated carbocycles. The molecule has 1 heterocycles. The summed E-state index contributed by atoms with van der Waals surface area (Å²) in [5.74, 6) is 1.10. The lowest BCUT2D eigenvalue weighted by Gasteiger charge is -2.19. The average Bonchev–Trinajstić information content (AvgIpc) is 3.30. The van der Waals surface area contributed by atoms with Crippen molar-refractivity contribution < 1.29 is 14.6 Å². The van der Waals surface area contributed by atoms with Crippen molar-refractivity contribution in [2.45, 2.75) is 65.0 Å². The Morgan fingerprint density at radius 3 is 2.49 bits per heavy atom. The molecular formula is C28H34N4O3. The molecule has 35 heavy (non-hydrogen) atoms. The summed E-state index contributed by atoms with van der Waals surface area (Å²) in [4.78, 5) is 20.8. The minimum Gasteiger partial charge on any atom is -0.490 e. The van der Waals surface area contributed by atoms with Gasteiger partial charge in [-0.1, -0.05) is 45.0 Å². The van der Waals surface area contributed by atoms with Crippen LogP contribution in [0.5, 0.6) is 5.75 Å². The third-order valence-electron chi connectivity index (χ3n) is 5.56. The van der Waals surface area contributed by atoms with E-state index in [0.29, 0.717) is 29.7 Å². The monoisotopic (exact) mass is 474 g/mol. The van der Waals surface area contributed by atoms with E-state index in [1.54, 1.807) is 12.1 Å². The van der Waals surface area contributed by atoms with Crippen molar-refractivity contribution in [2.75, 3.05) is 6.61 Å². The van der Waals surface area contributed by atoms with E-state index in [9.17, 15) is 15.2 Å². The summed E-state index contributed by atoms with van der Waals surface area (Å²) in [5, 5.41) is 22.0. The van der Waals surface area contributed by atoms with E-state index in [0.717, 1.165) is 22.6 Å². The van der Waals surface area contributed by atoms with Crippen LogP contribution in [-0.4, -0.2) is 39.7 Å². The van der Waals surface area contributed by atoms with E-state index in [-0.39, 0.29) is 30.1 Å². The molecule has 0 aliphatic heterocycles. The van der Waals surface area contributed by atoms with Gasteiger partial charge in [-0.25, -0.2) is 4.98 Å². The van der Waals surface area contributed by atoms with Crippen molar-refractivity contribution in [1.29, 1.82) is 5.26 Å². The molecule has 0 radical (unpaired) electrons. The van der Waals surface area contributed by atoms with Crippen LogP contribution in [0.2, 0.25) is 0 Å². The van der Waals surface area contributed by atoms with Gasteiger partial charge in [0.15, 0.2) is 0 Å². The number of aromatic amines is 1. The van der Waals surface area contributed by atoms with Gasteiger partial charge in [-0.15, -0.1) is 0 Å². The number of imidazole rings is 1. The third kappa shape index (κ3) is 6.93. The van der Waals surface area contributed by atoms with Gasteiger partial charge in [0.25, 0.3) is 5.91 Å². The Labute approximate surface area is 207 Å². The fraction of sp³-hybridized carbons (Fsp3) is 0.393. The topological polar surface area (TPSA) is 111 Å². The lowest BCUT2D eigenvalue weighted by atomic mass is 9.96. The highest BCUT2D eigenvalue weighted by Crippen LogP contribution is 2.24. The summed E-state index contributed by atoms with van der Waals surface area (Å²) in [6.45, 7) is 10.1. The second-order valence-corrected chi connectivity index (χ2v) is 9.96. The lowest BCUT2D eigenvalue weighted by Crippen LogP contribution is -2.37. The highest BCUT2D eigenvalue weighted by Gasteiger charge is 2.19. The molecule has 3 N–H and O–H groups in total. The minimum atomic E-state index is -0.293. The van der Waals surface area contributed by atoms with E-state index in [1.807, 2.05) is 44.3 Å². The maximum atomic E-state index is 12.9. The molecule has 1 aromatic heterocycles. The number of nitrogens with one attached hydrogen (secondary N) is 2. The van der Waals surface area contributed by atoms with Gasteiger partial charge in [-0.3, -0.25) is 4.79 Å². The van der Waals surface area contributed by atoms with Crippen LogP contribution < -0.4 is 10.1 Å².